The van der Waals surface area contributed by atoms with Crippen molar-refractivity contribution in [3.63, 3.8) is 0 Å². The fraction of sp³-hybridized carbons (Fsp3) is 0.500. The fourth-order valence-electron chi connectivity index (χ4n) is 2.98. The van der Waals surface area contributed by atoms with Gasteiger partial charge in [0, 0.05) is 11.1 Å². The zero-order chi connectivity index (χ0) is 18.7. The van der Waals surface area contributed by atoms with E-state index in [1.54, 1.807) is 6.92 Å². The summed E-state index contributed by atoms with van der Waals surface area (Å²) in [7, 11) is -1.02. The molecule has 3 heterocycles. The predicted molar refractivity (Wildman–Crippen MR) is 103 cm³/mol. The Labute approximate surface area is 152 Å². The van der Waals surface area contributed by atoms with E-state index in [1.807, 2.05) is 47.6 Å². The summed E-state index contributed by atoms with van der Waals surface area (Å²) in [6.07, 6.45) is 0. The molecule has 0 aromatic carbocycles. The van der Waals surface area contributed by atoms with Gasteiger partial charge in [-0.25, -0.2) is 9.37 Å². The monoisotopic (exact) mass is 362 g/mol. The van der Waals surface area contributed by atoms with Gasteiger partial charge in [0.05, 0.1) is 21.8 Å². The van der Waals surface area contributed by atoms with E-state index in [0.717, 1.165) is 21.5 Å². The third kappa shape index (κ3) is 2.88. The van der Waals surface area contributed by atoms with Crippen LogP contribution in [0.15, 0.2) is 11.8 Å². The molecule has 0 amide bonds. The van der Waals surface area contributed by atoms with Crippen molar-refractivity contribution >= 4 is 39.9 Å². The molecule has 0 spiro atoms. The zero-order valence-corrected chi connectivity index (χ0v) is 16.6. The number of halogens is 1. The molecule has 0 saturated carbocycles. The smallest absolute Gasteiger partial charge is 0.398 e. The Hall–Kier alpha value is -1.44. The van der Waals surface area contributed by atoms with E-state index in [0.29, 0.717) is 16.1 Å². The van der Waals surface area contributed by atoms with Gasteiger partial charge in [-0.2, -0.15) is 0 Å². The largest absolute Gasteiger partial charge is 0.525 e. The molecule has 2 N–H and O–H groups in total. The van der Waals surface area contributed by atoms with Crippen LogP contribution >= 0.6 is 11.3 Å². The number of hydrogen-bond donors (Lipinski definition) is 1. The quantitative estimate of drug-likeness (QED) is 0.778. The summed E-state index contributed by atoms with van der Waals surface area (Å²) in [5, 5.41) is 0.895. The summed E-state index contributed by atoms with van der Waals surface area (Å²) >= 11 is 1.40. The molecule has 1 aliphatic rings. The number of anilines is 1. The van der Waals surface area contributed by atoms with Crippen LogP contribution in [0.3, 0.4) is 0 Å². The third-order valence-electron chi connectivity index (χ3n) is 5.18. The first kappa shape index (κ1) is 18.4. The number of nitrogens with zero attached hydrogens (tertiary/aromatic N) is 1. The Morgan fingerprint density at radius 3 is 2.32 bits per heavy atom. The van der Waals surface area contributed by atoms with Gasteiger partial charge in [-0.15, -0.1) is 11.3 Å². The molecule has 0 aliphatic carbocycles. The van der Waals surface area contributed by atoms with Crippen LogP contribution in [0.4, 0.5) is 10.1 Å². The molecule has 1 fully saturated rings. The number of allylic oxidation sites excluding steroid dienone is 1. The molecule has 4 nitrogen and oxygen atoms in total. The molecule has 2 aromatic rings. The fourth-order valence-corrected chi connectivity index (χ4v) is 4.20. The molecule has 134 valence electrons. The van der Waals surface area contributed by atoms with Crippen LogP contribution in [0, 0.1) is 13.8 Å². The number of aryl methyl sites for hydroxylation is 2. The van der Waals surface area contributed by atoms with Gasteiger partial charge in [0.1, 0.15) is 10.6 Å². The van der Waals surface area contributed by atoms with Crippen molar-refractivity contribution in [1.29, 1.82) is 0 Å². The highest BCUT2D eigenvalue weighted by molar-refractivity contribution is 7.20. The lowest BCUT2D eigenvalue weighted by Crippen LogP contribution is -2.41. The average Bonchev–Trinajstić information content (AvgIpc) is 2.91. The maximum Gasteiger partial charge on any atom is 0.525 e. The molecule has 7 heteroatoms. The second kappa shape index (κ2) is 5.79. The van der Waals surface area contributed by atoms with E-state index in [1.165, 1.54) is 11.3 Å². The van der Waals surface area contributed by atoms with Gasteiger partial charge in [0.2, 0.25) is 0 Å². The molecular formula is C18H24BFN2O2S. The highest BCUT2D eigenvalue weighted by Gasteiger charge is 2.53. The van der Waals surface area contributed by atoms with E-state index >= 15 is 4.39 Å². The molecule has 25 heavy (non-hydrogen) atoms. The van der Waals surface area contributed by atoms with Crippen molar-refractivity contribution in [3.8, 4) is 0 Å². The van der Waals surface area contributed by atoms with Crippen molar-refractivity contribution in [2.45, 2.75) is 59.7 Å². The summed E-state index contributed by atoms with van der Waals surface area (Å²) in [4.78, 5) is 6.04. The second-order valence-electron chi connectivity index (χ2n) is 7.67. The number of pyridine rings is 1. The first-order valence-electron chi connectivity index (χ1n) is 8.33. The lowest BCUT2D eigenvalue weighted by molar-refractivity contribution is 0.00578. The van der Waals surface area contributed by atoms with Crippen LogP contribution in [0.1, 0.15) is 50.8 Å². The molecule has 0 atom stereocenters. The Balaban J connectivity index is 2.07. The minimum absolute atomic E-state index is 0.439. The minimum Gasteiger partial charge on any atom is -0.398 e. The van der Waals surface area contributed by atoms with Crippen molar-refractivity contribution in [2.24, 2.45) is 0 Å². The molecule has 1 saturated heterocycles. The van der Waals surface area contributed by atoms with Crippen LogP contribution < -0.4 is 5.73 Å². The van der Waals surface area contributed by atoms with E-state index in [4.69, 9.17) is 15.0 Å². The lowest BCUT2D eigenvalue weighted by atomic mass is 9.84. The number of hydrogen-bond acceptors (Lipinski definition) is 5. The Bertz CT molecular complexity index is 873. The summed E-state index contributed by atoms with van der Waals surface area (Å²) in [6.45, 7) is 13.3. The van der Waals surface area contributed by atoms with Gasteiger partial charge in [-0.05, 0) is 65.7 Å². The first-order valence-corrected chi connectivity index (χ1v) is 9.15. The summed E-state index contributed by atoms with van der Waals surface area (Å²) < 4.78 is 26.8. The van der Waals surface area contributed by atoms with E-state index < -0.39 is 24.0 Å². The SMILES string of the molecule is CC(=C(F)B1OC(C)(C)C(C)(C)O1)c1sc2nc(C)cc(C)c2c1N. The van der Waals surface area contributed by atoms with E-state index in [9.17, 15) is 0 Å². The normalized spacial score (nSPS) is 20.2. The van der Waals surface area contributed by atoms with Gasteiger partial charge >= 0.3 is 7.12 Å². The van der Waals surface area contributed by atoms with Gasteiger partial charge in [0.15, 0.2) is 0 Å². The van der Waals surface area contributed by atoms with Crippen molar-refractivity contribution in [1.82, 2.24) is 4.98 Å². The number of nitrogens with two attached hydrogens (primary N) is 1. The number of thiophene rings is 1. The summed E-state index contributed by atoms with van der Waals surface area (Å²) in [5.74, 6) is 0. The molecule has 1 aliphatic heterocycles. The topological polar surface area (TPSA) is 57.4 Å². The molecular weight excluding hydrogens is 338 g/mol. The van der Waals surface area contributed by atoms with Crippen LogP contribution in [0.5, 0.6) is 0 Å². The van der Waals surface area contributed by atoms with Gasteiger partial charge in [0.25, 0.3) is 0 Å². The maximum absolute atomic E-state index is 15.1. The Morgan fingerprint density at radius 1 is 1.20 bits per heavy atom. The van der Waals surface area contributed by atoms with Crippen LogP contribution in [0.25, 0.3) is 15.8 Å². The standard InChI is InChI=1S/C18H24BFN2O2S/c1-9-8-10(2)22-16-12(9)13(21)14(25-16)11(3)15(20)19-23-17(4,5)18(6,7)24-19/h8H,21H2,1-7H3. The molecule has 2 aromatic heterocycles. The minimum atomic E-state index is -1.02. The number of rotatable bonds is 2. The van der Waals surface area contributed by atoms with Crippen molar-refractivity contribution in [3.05, 3.63) is 27.9 Å². The lowest BCUT2D eigenvalue weighted by Gasteiger charge is -2.32. The van der Waals surface area contributed by atoms with Gasteiger partial charge in [-0.1, -0.05) is 0 Å². The van der Waals surface area contributed by atoms with E-state index in [-0.39, 0.29) is 0 Å². The summed E-state index contributed by atoms with van der Waals surface area (Å²) in [5.41, 5.74) is 7.68. The molecule has 0 unspecified atom stereocenters. The highest BCUT2D eigenvalue weighted by Crippen LogP contribution is 2.43. The van der Waals surface area contributed by atoms with Crippen LogP contribution in [0.2, 0.25) is 0 Å². The molecule has 3 rings (SSSR count). The van der Waals surface area contributed by atoms with Crippen molar-refractivity contribution < 1.29 is 13.7 Å². The molecule has 0 bridgehead atoms. The summed E-state index contributed by atoms with van der Waals surface area (Å²) in [6, 6.07) is 1.98. The number of fused-ring (bicyclic) bond motifs is 1. The highest BCUT2D eigenvalue weighted by atomic mass is 32.1. The zero-order valence-electron chi connectivity index (χ0n) is 15.8. The third-order valence-corrected chi connectivity index (χ3v) is 6.40. The Morgan fingerprint density at radius 2 is 1.76 bits per heavy atom. The second-order valence-corrected chi connectivity index (χ2v) is 8.67. The number of nitrogen functional groups attached to an aromatic ring is 1. The van der Waals surface area contributed by atoms with Gasteiger partial charge in [-0.3, -0.25) is 0 Å². The molecule has 0 radical (unpaired) electrons. The van der Waals surface area contributed by atoms with Gasteiger partial charge < -0.3 is 15.0 Å². The van der Waals surface area contributed by atoms with Crippen LogP contribution in [-0.2, 0) is 9.31 Å². The Kier molecular flexibility index (Phi) is 4.25. The van der Waals surface area contributed by atoms with Crippen LogP contribution in [-0.4, -0.2) is 23.3 Å². The maximum atomic E-state index is 15.1. The average molecular weight is 362 g/mol. The van der Waals surface area contributed by atoms with E-state index in [2.05, 4.69) is 4.98 Å². The first-order chi connectivity index (χ1) is 11.4. The van der Waals surface area contributed by atoms with Crippen molar-refractivity contribution in [2.75, 3.05) is 5.73 Å². The predicted octanol–water partition coefficient (Wildman–Crippen LogP) is 4.83. The number of aromatic nitrogens is 1.